The van der Waals surface area contributed by atoms with Gasteiger partial charge in [0.15, 0.2) is 0 Å². The summed E-state index contributed by atoms with van der Waals surface area (Å²) in [6.07, 6.45) is 1.12. The van der Waals surface area contributed by atoms with E-state index >= 15 is 0 Å². The fraction of sp³-hybridized carbons (Fsp3) is 0.700. The average Bonchev–Trinajstić information content (AvgIpc) is 2.31. The van der Waals surface area contributed by atoms with E-state index in [4.69, 9.17) is 0 Å². The lowest BCUT2D eigenvalue weighted by Gasteiger charge is -2.38. The van der Waals surface area contributed by atoms with Gasteiger partial charge in [-0.3, -0.25) is 0 Å². The van der Waals surface area contributed by atoms with E-state index in [1.165, 1.54) is 22.3 Å². The molecule has 0 bridgehead atoms. The van der Waals surface area contributed by atoms with Gasteiger partial charge in [0.2, 0.25) is 0 Å². The molecule has 0 saturated heterocycles. The molecule has 0 heterocycles. The van der Waals surface area contributed by atoms with Crippen LogP contribution in [0.3, 0.4) is 0 Å². The Hall–Kier alpha value is -0.350. The van der Waals surface area contributed by atoms with Gasteiger partial charge >= 0.3 is 0 Å². The Balaban J connectivity index is 3.92. The Labute approximate surface area is 135 Å². The van der Waals surface area contributed by atoms with Gasteiger partial charge < -0.3 is 0 Å². The van der Waals surface area contributed by atoms with Gasteiger partial charge in [-0.1, -0.05) is 48.5 Å². The summed E-state index contributed by atoms with van der Waals surface area (Å²) in [6, 6.07) is 0. The van der Waals surface area contributed by atoms with Crippen LogP contribution in [0, 0.1) is 26.7 Å². The van der Waals surface area contributed by atoms with Crippen LogP contribution in [0.1, 0.15) is 81.8 Å². The summed E-state index contributed by atoms with van der Waals surface area (Å²) < 4.78 is 0. The zero-order valence-electron chi connectivity index (χ0n) is 15.9. The number of rotatable bonds is 4. The van der Waals surface area contributed by atoms with Gasteiger partial charge in [0.25, 0.3) is 0 Å². The van der Waals surface area contributed by atoms with Crippen LogP contribution in [0.2, 0.25) is 0 Å². The van der Waals surface area contributed by atoms with E-state index in [1.54, 1.807) is 11.1 Å². The second kappa shape index (κ2) is 6.04. The summed E-state index contributed by atoms with van der Waals surface area (Å²) >= 11 is 0. The highest BCUT2D eigenvalue weighted by atomic mass is 31.0. The molecule has 0 amide bonds. The molecule has 21 heavy (non-hydrogen) atoms. The van der Waals surface area contributed by atoms with Crippen molar-refractivity contribution in [3.8, 4) is 0 Å². The highest BCUT2D eigenvalue weighted by Gasteiger charge is 2.33. The van der Waals surface area contributed by atoms with Crippen LogP contribution in [0.25, 0.3) is 0 Å². The second-order valence-electron chi connectivity index (χ2n) is 8.06. The lowest BCUT2D eigenvalue weighted by Crippen LogP contribution is -2.30. The first-order valence-electron chi connectivity index (χ1n) is 8.29. The highest BCUT2D eigenvalue weighted by Crippen LogP contribution is 2.44. The fourth-order valence-corrected chi connectivity index (χ4v) is 4.24. The van der Waals surface area contributed by atoms with Gasteiger partial charge in [0, 0.05) is 5.16 Å². The van der Waals surface area contributed by atoms with Gasteiger partial charge in [-0.15, -0.1) is 9.24 Å². The van der Waals surface area contributed by atoms with E-state index in [9.17, 15) is 0 Å². The maximum absolute atomic E-state index is 3.04. The monoisotopic (exact) mass is 306 g/mol. The quantitative estimate of drug-likeness (QED) is 0.579. The summed E-state index contributed by atoms with van der Waals surface area (Å²) in [5, 5.41) is 0.118. The third-order valence-corrected chi connectivity index (χ3v) is 5.82. The Morgan fingerprint density at radius 2 is 1.33 bits per heavy atom. The van der Waals surface area contributed by atoms with Crippen molar-refractivity contribution in [2.75, 3.05) is 0 Å². The van der Waals surface area contributed by atoms with Crippen LogP contribution in [-0.2, 0) is 17.0 Å². The Morgan fingerprint density at radius 1 is 0.857 bits per heavy atom. The summed E-state index contributed by atoms with van der Waals surface area (Å²) in [7, 11) is 3.04. The molecule has 1 aromatic carbocycles. The normalized spacial score (nSPS) is 13.1. The van der Waals surface area contributed by atoms with Crippen molar-refractivity contribution in [1.29, 1.82) is 0 Å². The molecular formula is C20H35P. The Kier molecular flexibility index (Phi) is 5.37. The molecule has 0 nitrogen and oxygen atoms in total. The van der Waals surface area contributed by atoms with Crippen LogP contribution in [0.5, 0.6) is 0 Å². The van der Waals surface area contributed by atoms with Crippen LogP contribution < -0.4 is 0 Å². The first-order chi connectivity index (χ1) is 9.37. The molecule has 0 N–H and O–H groups in total. The van der Waals surface area contributed by atoms with E-state index in [0.29, 0.717) is 5.92 Å². The van der Waals surface area contributed by atoms with Crippen LogP contribution in [0.4, 0.5) is 0 Å². The van der Waals surface area contributed by atoms with Gasteiger partial charge in [-0.25, -0.2) is 0 Å². The molecule has 0 saturated carbocycles. The maximum atomic E-state index is 3.04. The van der Waals surface area contributed by atoms with E-state index in [1.807, 2.05) is 0 Å². The predicted molar refractivity (Wildman–Crippen MR) is 101 cm³/mol. The molecule has 1 atom stereocenters. The van der Waals surface area contributed by atoms with Crippen LogP contribution >= 0.6 is 9.24 Å². The lowest BCUT2D eigenvalue weighted by molar-refractivity contribution is 0.367. The summed E-state index contributed by atoms with van der Waals surface area (Å²) in [5.74, 6) is 0.629. The smallest absolute Gasteiger partial charge is 0.00467 e. The van der Waals surface area contributed by atoms with Crippen LogP contribution in [-0.4, -0.2) is 0 Å². The minimum absolute atomic E-state index is 0.118. The highest BCUT2D eigenvalue weighted by molar-refractivity contribution is 7.18. The first kappa shape index (κ1) is 18.7. The minimum atomic E-state index is 0.118. The molecule has 0 aliphatic rings. The molecule has 0 fully saturated rings. The molecule has 1 rings (SSSR count). The molecule has 0 spiro atoms. The number of hydrogen-bond acceptors (Lipinski definition) is 0. The van der Waals surface area contributed by atoms with Gasteiger partial charge in [-0.2, -0.15) is 0 Å². The molecule has 1 unspecified atom stereocenters. The summed E-state index contributed by atoms with van der Waals surface area (Å²) in [4.78, 5) is 0. The van der Waals surface area contributed by atoms with Crippen molar-refractivity contribution in [2.45, 2.75) is 86.2 Å². The van der Waals surface area contributed by atoms with E-state index in [0.717, 1.165) is 6.42 Å². The third-order valence-electron chi connectivity index (χ3n) is 5.53. The third kappa shape index (κ3) is 3.21. The number of hydrogen-bond donors (Lipinski definition) is 0. The van der Waals surface area contributed by atoms with Crippen molar-refractivity contribution in [1.82, 2.24) is 0 Å². The zero-order chi connectivity index (χ0) is 16.7. The van der Waals surface area contributed by atoms with Gasteiger partial charge in [0.1, 0.15) is 0 Å². The SMILES string of the molecule is CCc1c(C)c(C)c(C(C)(C)P)c(C)c1C(C)(C)C(C)C. The van der Waals surface area contributed by atoms with Crippen molar-refractivity contribution in [3.05, 3.63) is 33.4 Å². The molecule has 0 aliphatic heterocycles. The summed E-state index contributed by atoms with van der Waals surface area (Å²) in [6.45, 7) is 23.4. The van der Waals surface area contributed by atoms with E-state index in [2.05, 4.69) is 78.5 Å². The average molecular weight is 306 g/mol. The van der Waals surface area contributed by atoms with Crippen molar-refractivity contribution in [3.63, 3.8) is 0 Å². The second-order valence-corrected chi connectivity index (χ2v) is 9.50. The molecular weight excluding hydrogens is 271 g/mol. The molecule has 0 aromatic heterocycles. The van der Waals surface area contributed by atoms with E-state index in [-0.39, 0.29) is 10.6 Å². The molecule has 0 aliphatic carbocycles. The summed E-state index contributed by atoms with van der Waals surface area (Å²) in [5.41, 5.74) is 9.37. The van der Waals surface area contributed by atoms with Gasteiger partial charge in [-0.05, 0) is 71.9 Å². The first-order valence-corrected chi connectivity index (χ1v) is 8.87. The topological polar surface area (TPSA) is 0 Å². The zero-order valence-corrected chi connectivity index (χ0v) is 17.0. The van der Waals surface area contributed by atoms with Crippen molar-refractivity contribution >= 4 is 9.24 Å². The van der Waals surface area contributed by atoms with Crippen molar-refractivity contribution < 1.29 is 0 Å². The molecule has 120 valence electrons. The maximum Gasteiger partial charge on any atom is 0.00467 e. The minimum Gasteiger partial charge on any atom is -0.127 e. The standard InChI is InChI=1S/C20H35P/c1-11-16-13(4)14(5)17(20(9,10)21)15(6)18(16)19(7,8)12(2)3/h12H,11,21H2,1-10H3. The fourth-order valence-electron chi connectivity index (χ4n) is 3.80. The Bertz CT molecular complexity index is 528. The Morgan fingerprint density at radius 3 is 1.67 bits per heavy atom. The van der Waals surface area contributed by atoms with Gasteiger partial charge in [0.05, 0.1) is 0 Å². The van der Waals surface area contributed by atoms with E-state index < -0.39 is 0 Å². The van der Waals surface area contributed by atoms with Crippen LogP contribution in [0.15, 0.2) is 0 Å². The number of benzene rings is 1. The lowest BCUT2D eigenvalue weighted by atomic mass is 9.68. The molecule has 1 aromatic rings. The van der Waals surface area contributed by atoms with Crippen molar-refractivity contribution in [2.24, 2.45) is 5.92 Å². The predicted octanol–water partition coefficient (Wildman–Crippen LogP) is 6.22. The molecule has 1 heteroatoms. The largest absolute Gasteiger partial charge is 0.127 e. The molecule has 0 radical (unpaired) electrons.